The summed E-state index contributed by atoms with van der Waals surface area (Å²) in [6, 6.07) is 0. The van der Waals surface area contributed by atoms with E-state index in [2.05, 4.69) is 41.5 Å². The average molecular weight is 475 g/mol. The Bertz CT molecular complexity index is 491. The maximum Gasteiger partial charge on any atom is -1.00 e. The SMILES string of the molecule is CCC1=[C]([Zr+4][C]2=C(CC)C(C)=C(C)C2)CC(C)=C1C.[Cl-].[Cl-].[Cl-].[Cl-]. The van der Waals surface area contributed by atoms with Gasteiger partial charge in [-0.3, -0.25) is 0 Å². The third-order valence-corrected chi connectivity index (χ3v) is 8.64. The zero-order valence-corrected chi connectivity index (χ0v) is 20.3. The number of halogens is 4. The predicted molar refractivity (Wildman–Crippen MR) is 80.6 cm³/mol. The molecule has 0 aliphatic heterocycles. The molecule has 0 bridgehead atoms. The molecule has 23 heavy (non-hydrogen) atoms. The molecule has 0 heterocycles. The fourth-order valence-corrected chi connectivity index (χ4v) is 8.52. The summed E-state index contributed by atoms with van der Waals surface area (Å²) in [6.07, 6.45) is 5.05. The number of rotatable bonds is 4. The molecule has 0 atom stereocenters. The maximum absolute atomic E-state index is 2.33. The van der Waals surface area contributed by atoms with Crippen LogP contribution in [0, 0.1) is 0 Å². The minimum absolute atomic E-state index is 0. The van der Waals surface area contributed by atoms with Crippen LogP contribution in [0.2, 0.25) is 0 Å². The van der Waals surface area contributed by atoms with Crippen molar-refractivity contribution in [3.63, 3.8) is 0 Å². The molecule has 0 saturated carbocycles. The molecule has 0 saturated heterocycles. The molecular weight excluding hydrogens is 449 g/mol. The van der Waals surface area contributed by atoms with Gasteiger partial charge in [0, 0.05) is 0 Å². The van der Waals surface area contributed by atoms with Crippen LogP contribution in [-0.2, 0) is 23.2 Å². The second-order valence-electron chi connectivity index (χ2n) is 5.91. The van der Waals surface area contributed by atoms with Gasteiger partial charge in [-0.1, -0.05) is 0 Å². The molecule has 2 aliphatic rings. The van der Waals surface area contributed by atoms with Crippen LogP contribution in [0.1, 0.15) is 67.2 Å². The molecule has 0 radical (unpaired) electrons. The van der Waals surface area contributed by atoms with Crippen molar-refractivity contribution < 1.29 is 72.9 Å². The summed E-state index contributed by atoms with van der Waals surface area (Å²) in [4.78, 5) is 0. The molecule has 0 spiro atoms. The van der Waals surface area contributed by atoms with E-state index in [1.54, 1.807) is 33.4 Å². The molecule has 0 fully saturated rings. The Morgan fingerprint density at radius 2 is 0.957 bits per heavy atom. The smallest absolute Gasteiger partial charge is 1.00 e. The number of allylic oxidation sites excluding steroid dienone is 8. The van der Waals surface area contributed by atoms with Crippen LogP contribution in [-0.4, -0.2) is 0 Å². The summed E-state index contributed by atoms with van der Waals surface area (Å²) in [5.41, 5.74) is 9.91. The Labute approximate surface area is 178 Å². The van der Waals surface area contributed by atoms with Crippen LogP contribution in [0.4, 0.5) is 0 Å². The van der Waals surface area contributed by atoms with Gasteiger partial charge >= 0.3 is 130 Å². The molecule has 0 N–H and O–H groups in total. The van der Waals surface area contributed by atoms with E-state index in [4.69, 9.17) is 0 Å². The summed E-state index contributed by atoms with van der Waals surface area (Å²) in [5.74, 6) is 0. The molecule has 2 aliphatic carbocycles. The van der Waals surface area contributed by atoms with Crippen LogP contribution in [0.5, 0.6) is 0 Å². The summed E-state index contributed by atoms with van der Waals surface area (Å²) >= 11 is -0.522. The number of hydrogen-bond acceptors (Lipinski definition) is 0. The molecule has 130 valence electrons. The van der Waals surface area contributed by atoms with Gasteiger partial charge in [0.15, 0.2) is 0 Å². The van der Waals surface area contributed by atoms with E-state index < -0.39 is 23.2 Å². The zero-order valence-electron chi connectivity index (χ0n) is 14.8. The van der Waals surface area contributed by atoms with Gasteiger partial charge in [-0.25, -0.2) is 0 Å². The largest absolute Gasteiger partial charge is 1.00 e. The number of hydrogen-bond donors (Lipinski definition) is 0. The average Bonchev–Trinajstić information content (AvgIpc) is 2.79. The molecular formula is C18H26Cl4Zr. The summed E-state index contributed by atoms with van der Waals surface area (Å²) in [5, 5.41) is 0. The van der Waals surface area contributed by atoms with Gasteiger partial charge in [0.05, 0.1) is 0 Å². The standard InChI is InChI=1S/2C9H13.4ClH.Zr/c2*1-4-9-6-5-7(2)8(9)3;;;;;/h2*4-5H2,1-3H3;4*1H;/q;;;;;;+4/p-4. The molecule has 5 heteroatoms. The Balaban J connectivity index is -0.000001000. The fourth-order valence-electron chi connectivity index (χ4n) is 3.36. The van der Waals surface area contributed by atoms with Gasteiger partial charge in [0.1, 0.15) is 0 Å². The van der Waals surface area contributed by atoms with Crippen molar-refractivity contribution in [1.29, 1.82) is 0 Å². The fraction of sp³-hybridized carbons (Fsp3) is 0.556. The van der Waals surface area contributed by atoms with Gasteiger partial charge in [-0.2, -0.15) is 0 Å². The van der Waals surface area contributed by atoms with E-state index in [9.17, 15) is 0 Å². The first kappa shape index (κ1) is 28.8. The van der Waals surface area contributed by atoms with E-state index >= 15 is 0 Å². The quantitative estimate of drug-likeness (QED) is 0.380. The van der Waals surface area contributed by atoms with Crippen molar-refractivity contribution in [2.75, 3.05) is 0 Å². The van der Waals surface area contributed by atoms with Crippen molar-refractivity contribution in [3.8, 4) is 0 Å². The van der Waals surface area contributed by atoms with Crippen molar-refractivity contribution in [2.45, 2.75) is 67.2 Å². The van der Waals surface area contributed by atoms with Crippen LogP contribution < -0.4 is 49.6 Å². The summed E-state index contributed by atoms with van der Waals surface area (Å²) in [7, 11) is 0. The normalized spacial score (nSPS) is 17.1. The van der Waals surface area contributed by atoms with Gasteiger partial charge in [-0.05, 0) is 0 Å². The van der Waals surface area contributed by atoms with Gasteiger partial charge in [0.2, 0.25) is 0 Å². The van der Waals surface area contributed by atoms with Crippen LogP contribution in [0.25, 0.3) is 0 Å². The Hall–Kier alpha value is 1.00. The van der Waals surface area contributed by atoms with E-state index in [-0.39, 0.29) is 49.6 Å². The predicted octanol–water partition coefficient (Wildman–Crippen LogP) is -6.11. The van der Waals surface area contributed by atoms with E-state index in [0.717, 1.165) is 0 Å². The Morgan fingerprint density at radius 3 is 1.22 bits per heavy atom. The monoisotopic (exact) mass is 472 g/mol. The first-order chi connectivity index (χ1) is 8.99. The summed E-state index contributed by atoms with van der Waals surface area (Å²) in [6.45, 7) is 14.0. The van der Waals surface area contributed by atoms with Crippen LogP contribution in [0.15, 0.2) is 40.0 Å². The van der Waals surface area contributed by atoms with Crippen molar-refractivity contribution in [1.82, 2.24) is 0 Å². The molecule has 2 rings (SSSR count). The molecule has 0 unspecified atom stereocenters. The van der Waals surface area contributed by atoms with Gasteiger partial charge in [0.25, 0.3) is 0 Å². The van der Waals surface area contributed by atoms with Crippen molar-refractivity contribution in [3.05, 3.63) is 40.0 Å². The first-order valence-electron chi connectivity index (χ1n) is 7.54. The van der Waals surface area contributed by atoms with E-state index in [0.29, 0.717) is 0 Å². The molecule has 0 amide bonds. The van der Waals surface area contributed by atoms with Gasteiger partial charge < -0.3 is 49.6 Å². The molecule has 0 nitrogen and oxygen atoms in total. The Kier molecular flexibility index (Phi) is 15.5. The van der Waals surface area contributed by atoms with E-state index in [1.807, 2.05) is 6.56 Å². The minimum Gasteiger partial charge on any atom is -1.00 e. The second kappa shape index (κ2) is 12.4. The third-order valence-electron chi connectivity index (χ3n) is 4.81. The van der Waals surface area contributed by atoms with Crippen LogP contribution >= 0.6 is 0 Å². The first-order valence-corrected chi connectivity index (χ1v) is 9.99. The molecule has 0 aromatic carbocycles. The van der Waals surface area contributed by atoms with Gasteiger partial charge in [-0.15, -0.1) is 0 Å². The third kappa shape index (κ3) is 6.04. The summed E-state index contributed by atoms with van der Waals surface area (Å²) < 4.78 is 3.73. The van der Waals surface area contributed by atoms with Crippen molar-refractivity contribution >= 4 is 0 Å². The maximum atomic E-state index is 2.33. The molecule has 0 aromatic heterocycles. The topological polar surface area (TPSA) is 0 Å². The minimum atomic E-state index is -0.522. The molecule has 0 aromatic rings. The van der Waals surface area contributed by atoms with E-state index in [1.165, 1.54) is 25.7 Å². The second-order valence-corrected chi connectivity index (χ2v) is 9.49. The Morgan fingerprint density at radius 1 is 0.652 bits per heavy atom. The zero-order chi connectivity index (χ0) is 14.2. The van der Waals surface area contributed by atoms with Crippen molar-refractivity contribution in [2.24, 2.45) is 0 Å². The van der Waals surface area contributed by atoms with Crippen LogP contribution in [0.3, 0.4) is 0 Å².